The third kappa shape index (κ3) is 5.33. The Labute approximate surface area is 175 Å². The molecule has 1 aliphatic heterocycles. The van der Waals surface area contributed by atoms with Crippen LogP contribution in [0.4, 0.5) is 16.2 Å². The van der Waals surface area contributed by atoms with Gasteiger partial charge in [0, 0.05) is 42.8 Å². The second-order valence-electron chi connectivity index (χ2n) is 6.78. The second kappa shape index (κ2) is 9.68. The minimum Gasteiger partial charge on any atom is -0.450 e. The number of nitrogens with one attached hydrogen (secondary N) is 2. The first-order valence-corrected chi connectivity index (χ1v) is 11.1. The summed E-state index contributed by atoms with van der Waals surface area (Å²) in [5, 5.41) is 5.42. The Morgan fingerprint density at radius 3 is 2.30 bits per heavy atom. The predicted octanol–water partition coefficient (Wildman–Crippen LogP) is 2.69. The van der Waals surface area contributed by atoms with Gasteiger partial charge in [0.15, 0.2) is 0 Å². The van der Waals surface area contributed by atoms with Crippen molar-refractivity contribution in [1.29, 1.82) is 0 Å². The zero-order chi connectivity index (χ0) is 21.6. The average molecular weight is 433 g/mol. The number of nitrogens with zero attached hydrogens (tertiary/aromatic N) is 2. The first kappa shape index (κ1) is 21.7. The van der Waals surface area contributed by atoms with E-state index in [1.165, 1.54) is 22.8 Å². The van der Waals surface area contributed by atoms with Gasteiger partial charge in [-0.15, -0.1) is 0 Å². The molecule has 1 aromatic carbocycles. The summed E-state index contributed by atoms with van der Waals surface area (Å²) in [7, 11) is -3.59. The van der Waals surface area contributed by atoms with Crippen LogP contribution in [0.25, 0.3) is 0 Å². The molecule has 0 bridgehead atoms. The number of piperidine rings is 1. The molecule has 9 nitrogen and oxygen atoms in total. The van der Waals surface area contributed by atoms with E-state index in [-0.39, 0.29) is 36.4 Å². The quantitative estimate of drug-likeness (QED) is 0.725. The van der Waals surface area contributed by atoms with Gasteiger partial charge in [-0.05, 0) is 56.2 Å². The van der Waals surface area contributed by atoms with Gasteiger partial charge >= 0.3 is 6.09 Å². The zero-order valence-electron chi connectivity index (χ0n) is 16.6. The van der Waals surface area contributed by atoms with Crippen LogP contribution in [0.15, 0.2) is 53.7 Å². The van der Waals surface area contributed by atoms with Crippen molar-refractivity contribution in [3.05, 3.63) is 48.8 Å². The molecule has 0 atom stereocenters. The first-order chi connectivity index (χ1) is 14.4. The number of hydrogen-bond donors (Lipinski definition) is 2. The molecule has 0 aliphatic carbocycles. The Morgan fingerprint density at radius 1 is 1.10 bits per heavy atom. The van der Waals surface area contributed by atoms with Crippen molar-refractivity contribution in [2.24, 2.45) is 5.92 Å². The number of rotatable bonds is 6. The molecule has 160 valence electrons. The maximum atomic E-state index is 12.7. The zero-order valence-corrected chi connectivity index (χ0v) is 17.4. The van der Waals surface area contributed by atoms with Crippen LogP contribution in [0, 0.1) is 5.92 Å². The van der Waals surface area contributed by atoms with Crippen molar-refractivity contribution >= 4 is 33.4 Å². The Bertz CT molecular complexity index is 972. The highest BCUT2D eigenvalue weighted by Gasteiger charge is 2.32. The summed E-state index contributed by atoms with van der Waals surface area (Å²) in [6, 6.07) is 9.79. The topological polar surface area (TPSA) is 118 Å². The molecule has 2 heterocycles. The van der Waals surface area contributed by atoms with Gasteiger partial charge in [-0.25, -0.2) is 13.2 Å². The summed E-state index contributed by atoms with van der Waals surface area (Å²) in [5.41, 5.74) is 1.15. The number of amides is 2. The van der Waals surface area contributed by atoms with E-state index in [1.54, 1.807) is 37.3 Å². The summed E-state index contributed by atoms with van der Waals surface area (Å²) < 4.78 is 31.5. The van der Waals surface area contributed by atoms with E-state index in [0.717, 1.165) is 0 Å². The van der Waals surface area contributed by atoms with Crippen LogP contribution in [0.3, 0.4) is 0 Å². The molecular formula is C20H24N4O5S. The van der Waals surface area contributed by atoms with Gasteiger partial charge < -0.3 is 10.1 Å². The third-order valence-corrected chi connectivity index (χ3v) is 6.65. The van der Waals surface area contributed by atoms with E-state index < -0.39 is 16.1 Å². The lowest BCUT2D eigenvalue weighted by molar-refractivity contribution is -0.120. The minimum absolute atomic E-state index is 0.153. The number of hydrogen-bond acceptors (Lipinski definition) is 6. The molecule has 2 amide bonds. The van der Waals surface area contributed by atoms with E-state index in [0.29, 0.717) is 24.2 Å². The lowest BCUT2D eigenvalue weighted by atomic mass is 9.97. The van der Waals surface area contributed by atoms with E-state index in [9.17, 15) is 18.0 Å². The molecule has 1 fully saturated rings. The highest BCUT2D eigenvalue weighted by atomic mass is 32.2. The third-order valence-electron chi connectivity index (χ3n) is 4.77. The number of carbonyl (C=O) groups excluding carboxylic acids is 2. The highest BCUT2D eigenvalue weighted by Crippen LogP contribution is 2.25. The number of ether oxygens (including phenoxy) is 1. The monoisotopic (exact) mass is 432 g/mol. The summed E-state index contributed by atoms with van der Waals surface area (Å²) >= 11 is 0. The van der Waals surface area contributed by atoms with Crippen molar-refractivity contribution in [2.75, 3.05) is 30.3 Å². The number of benzene rings is 1. The number of pyridine rings is 1. The van der Waals surface area contributed by atoms with Crippen molar-refractivity contribution < 1.29 is 22.7 Å². The number of carbonyl (C=O) groups is 2. The molecule has 1 saturated heterocycles. The Balaban J connectivity index is 1.52. The van der Waals surface area contributed by atoms with Crippen molar-refractivity contribution in [2.45, 2.75) is 24.7 Å². The molecule has 30 heavy (non-hydrogen) atoms. The van der Waals surface area contributed by atoms with E-state index in [2.05, 4.69) is 15.6 Å². The highest BCUT2D eigenvalue weighted by molar-refractivity contribution is 7.89. The maximum absolute atomic E-state index is 12.7. The lowest BCUT2D eigenvalue weighted by Crippen LogP contribution is -2.41. The lowest BCUT2D eigenvalue weighted by Gasteiger charge is -2.30. The minimum atomic E-state index is -3.59. The first-order valence-electron chi connectivity index (χ1n) is 9.65. The van der Waals surface area contributed by atoms with Crippen LogP contribution in [-0.2, 0) is 19.6 Å². The van der Waals surface area contributed by atoms with Crippen LogP contribution in [-0.4, -0.2) is 49.4 Å². The van der Waals surface area contributed by atoms with Crippen LogP contribution >= 0.6 is 0 Å². The van der Waals surface area contributed by atoms with Gasteiger partial charge in [-0.3, -0.25) is 15.1 Å². The Hall–Kier alpha value is -2.98. The molecule has 0 spiro atoms. The molecule has 0 saturated carbocycles. The molecule has 1 aromatic heterocycles. The Kier molecular flexibility index (Phi) is 7.01. The largest absolute Gasteiger partial charge is 0.450 e. The molecule has 0 radical (unpaired) electrons. The van der Waals surface area contributed by atoms with E-state index >= 15 is 0 Å². The van der Waals surface area contributed by atoms with Crippen LogP contribution in [0.5, 0.6) is 0 Å². The summed E-state index contributed by atoms with van der Waals surface area (Å²) in [4.78, 5) is 28.0. The molecular weight excluding hydrogens is 408 g/mol. The molecule has 0 unspecified atom stereocenters. The van der Waals surface area contributed by atoms with Gasteiger partial charge in [-0.2, -0.15) is 4.31 Å². The van der Waals surface area contributed by atoms with Crippen LogP contribution < -0.4 is 10.6 Å². The molecule has 3 rings (SSSR count). The summed E-state index contributed by atoms with van der Waals surface area (Å²) in [5.74, 6) is -0.429. The van der Waals surface area contributed by atoms with Crippen molar-refractivity contribution in [3.8, 4) is 0 Å². The normalized spacial score (nSPS) is 15.4. The van der Waals surface area contributed by atoms with E-state index in [1.807, 2.05) is 0 Å². The van der Waals surface area contributed by atoms with E-state index in [4.69, 9.17) is 4.74 Å². The Morgan fingerprint density at radius 2 is 1.73 bits per heavy atom. The van der Waals surface area contributed by atoms with Crippen molar-refractivity contribution in [3.63, 3.8) is 0 Å². The SMILES string of the molecule is CCOC(=O)Nc1ccc(NC(=O)C2CCN(S(=O)(=O)c3cccnc3)CC2)cc1. The van der Waals surface area contributed by atoms with Gasteiger partial charge in [0.05, 0.1) is 6.61 Å². The molecule has 2 aromatic rings. The summed E-state index contributed by atoms with van der Waals surface area (Å²) in [6.07, 6.45) is 3.19. The van der Waals surface area contributed by atoms with Crippen LogP contribution in [0.2, 0.25) is 0 Å². The van der Waals surface area contributed by atoms with Gasteiger partial charge in [0.2, 0.25) is 15.9 Å². The summed E-state index contributed by atoms with van der Waals surface area (Å²) in [6.45, 7) is 2.55. The fourth-order valence-corrected chi connectivity index (χ4v) is 4.61. The second-order valence-corrected chi connectivity index (χ2v) is 8.72. The molecule has 2 N–H and O–H groups in total. The fraction of sp³-hybridized carbons (Fsp3) is 0.350. The smallest absolute Gasteiger partial charge is 0.411 e. The number of anilines is 2. The molecule has 10 heteroatoms. The van der Waals surface area contributed by atoms with Crippen LogP contribution in [0.1, 0.15) is 19.8 Å². The maximum Gasteiger partial charge on any atom is 0.411 e. The van der Waals surface area contributed by atoms with Gasteiger partial charge in [0.1, 0.15) is 4.90 Å². The fourth-order valence-electron chi connectivity index (χ4n) is 3.17. The van der Waals surface area contributed by atoms with Crippen molar-refractivity contribution in [1.82, 2.24) is 9.29 Å². The molecule has 1 aliphatic rings. The number of sulfonamides is 1. The predicted molar refractivity (Wildman–Crippen MR) is 111 cm³/mol. The number of aromatic nitrogens is 1. The standard InChI is InChI=1S/C20H24N4O5S/c1-2-29-20(26)23-17-7-5-16(6-8-17)22-19(25)15-9-12-24(13-10-15)30(27,28)18-4-3-11-21-14-18/h3-8,11,14-15H,2,9-10,12-13H2,1H3,(H,22,25)(H,23,26). The average Bonchev–Trinajstić information content (AvgIpc) is 2.76. The van der Waals surface area contributed by atoms with Gasteiger partial charge in [0.25, 0.3) is 0 Å². The van der Waals surface area contributed by atoms with Gasteiger partial charge in [-0.1, -0.05) is 0 Å².